The zero-order valence-electron chi connectivity index (χ0n) is 9.73. The summed E-state index contributed by atoms with van der Waals surface area (Å²) in [4.78, 5) is 23.3. The number of carbonyl (C=O) groups excluding carboxylic acids is 2. The van der Waals surface area contributed by atoms with E-state index in [2.05, 4.69) is 0 Å². The van der Waals surface area contributed by atoms with Crippen molar-refractivity contribution in [3.8, 4) is 0 Å². The highest BCUT2D eigenvalue weighted by Gasteiger charge is 2.39. The Morgan fingerprint density at radius 1 is 1.25 bits per heavy atom. The molecular weight excluding hydrogens is 212 g/mol. The van der Waals surface area contributed by atoms with Crippen LogP contribution in [0.5, 0.6) is 0 Å². The average molecular weight is 230 g/mol. The lowest BCUT2D eigenvalue weighted by Gasteiger charge is -2.18. The first-order chi connectivity index (χ1) is 7.70. The number of esters is 2. The summed E-state index contributed by atoms with van der Waals surface area (Å²) in [5.74, 6) is -1.95. The smallest absolute Gasteiger partial charge is 0.320 e. The highest BCUT2D eigenvalue weighted by molar-refractivity contribution is 5.95. The molecule has 1 fully saturated rings. The number of ether oxygens (including phenoxy) is 3. The van der Waals surface area contributed by atoms with Gasteiger partial charge in [-0.2, -0.15) is 0 Å². The van der Waals surface area contributed by atoms with E-state index in [1.54, 1.807) is 13.8 Å². The molecule has 0 N–H and O–H groups in total. The lowest BCUT2D eigenvalue weighted by Crippen LogP contribution is -2.34. The van der Waals surface area contributed by atoms with Crippen LogP contribution in [0.4, 0.5) is 0 Å². The standard InChI is InChI=1S/C11H18O5/c1-3-15-10(12)9(11(13)16-4-2)8-5-6-14-7-8/h8-9H,3-7H2,1-2H3/t8-/m1/s1. The molecule has 5 nitrogen and oxygen atoms in total. The molecule has 0 saturated carbocycles. The van der Waals surface area contributed by atoms with Gasteiger partial charge in [0, 0.05) is 12.5 Å². The summed E-state index contributed by atoms with van der Waals surface area (Å²) in [7, 11) is 0. The van der Waals surface area contributed by atoms with Crippen LogP contribution in [0.15, 0.2) is 0 Å². The zero-order valence-corrected chi connectivity index (χ0v) is 9.73. The van der Waals surface area contributed by atoms with Gasteiger partial charge in [-0.15, -0.1) is 0 Å². The van der Waals surface area contributed by atoms with Gasteiger partial charge in [0.1, 0.15) is 0 Å². The van der Waals surface area contributed by atoms with Crippen LogP contribution < -0.4 is 0 Å². The molecule has 1 rings (SSSR count). The molecule has 1 saturated heterocycles. The van der Waals surface area contributed by atoms with Gasteiger partial charge in [0.25, 0.3) is 0 Å². The molecule has 0 spiro atoms. The Morgan fingerprint density at radius 2 is 1.81 bits per heavy atom. The maximum absolute atomic E-state index is 11.7. The molecule has 0 radical (unpaired) electrons. The van der Waals surface area contributed by atoms with E-state index in [4.69, 9.17) is 14.2 Å². The van der Waals surface area contributed by atoms with Crippen LogP contribution in [0, 0.1) is 11.8 Å². The Kier molecular flexibility index (Phi) is 5.25. The summed E-state index contributed by atoms with van der Waals surface area (Å²) in [6.07, 6.45) is 0.697. The van der Waals surface area contributed by atoms with Crippen LogP contribution in [0.3, 0.4) is 0 Å². The molecule has 1 aliphatic heterocycles. The molecule has 1 heterocycles. The van der Waals surface area contributed by atoms with Crippen molar-refractivity contribution in [1.29, 1.82) is 0 Å². The maximum Gasteiger partial charge on any atom is 0.320 e. The molecule has 92 valence electrons. The van der Waals surface area contributed by atoms with Gasteiger partial charge in [0.2, 0.25) is 0 Å². The average Bonchev–Trinajstić information content (AvgIpc) is 2.72. The fourth-order valence-corrected chi connectivity index (χ4v) is 1.76. The van der Waals surface area contributed by atoms with Crippen LogP contribution in [0.2, 0.25) is 0 Å². The number of carbonyl (C=O) groups is 2. The molecule has 0 aromatic heterocycles. The molecule has 1 aliphatic rings. The van der Waals surface area contributed by atoms with Gasteiger partial charge in [0.15, 0.2) is 5.92 Å². The largest absolute Gasteiger partial charge is 0.465 e. The van der Waals surface area contributed by atoms with E-state index in [0.29, 0.717) is 19.6 Å². The second kappa shape index (κ2) is 6.48. The normalized spacial score (nSPS) is 19.8. The predicted octanol–water partition coefficient (Wildman–Crippen LogP) is 0.765. The van der Waals surface area contributed by atoms with Gasteiger partial charge < -0.3 is 14.2 Å². The quantitative estimate of drug-likeness (QED) is 0.515. The van der Waals surface area contributed by atoms with Crippen molar-refractivity contribution in [3.05, 3.63) is 0 Å². The minimum absolute atomic E-state index is 0.113. The monoisotopic (exact) mass is 230 g/mol. The van der Waals surface area contributed by atoms with E-state index >= 15 is 0 Å². The molecule has 0 amide bonds. The van der Waals surface area contributed by atoms with Crippen LogP contribution in [-0.4, -0.2) is 38.4 Å². The Balaban J connectivity index is 2.67. The van der Waals surface area contributed by atoms with Crippen molar-refractivity contribution in [3.63, 3.8) is 0 Å². The first-order valence-corrected chi connectivity index (χ1v) is 5.61. The highest BCUT2D eigenvalue weighted by atomic mass is 16.6. The molecule has 5 heteroatoms. The minimum Gasteiger partial charge on any atom is -0.465 e. The molecule has 0 aliphatic carbocycles. The van der Waals surface area contributed by atoms with Crippen molar-refractivity contribution in [2.45, 2.75) is 20.3 Å². The first kappa shape index (κ1) is 13.0. The predicted molar refractivity (Wildman–Crippen MR) is 55.7 cm³/mol. The Morgan fingerprint density at radius 3 is 2.19 bits per heavy atom. The maximum atomic E-state index is 11.7. The van der Waals surface area contributed by atoms with Gasteiger partial charge in [-0.3, -0.25) is 9.59 Å². The third-order valence-corrected chi connectivity index (χ3v) is 2.52. The number of hydrogen-bond acceptors (Lipinski definition) is 5. The Hall–Kier alpha value is -1.10. The van der Waals surface area contributed by atoms with Gasteiger partial charge >= 0.3 is 11.9 Å². The fourth-order valence-electron chi connectivity index (χ4n) is 1.76. The van der Waals surface area contributed by atoms with Crippen molar-refractivity contribution in [2.24, 2.45) is 11.8 Å². The summed E-state index contributed by atoms with van der Waals surface area (Å²) < 4.78 is 15.0. The topological polar surface area (TPSA) is 61.8 Å². The molecular formula is C11H18O5. The molecule has 1 atom stereocenters. The highest BCUT2D eigenvalue weighted by Crippen LogP contribution is 2.24. The molecule has 0 bridgehead atoms. The van der Waals surface area contributed by atoms with Gasteiger partial charge in [0.05, 0.1) is 19.8 Å². The SMILES string of the molecule is CCOC(=O)C(C(=O)OCC)[C@@H]1CCOC1. The molecule has 0 aromatic rings. The molecule has 0 unspecified atom stereocenters. The summed E-state index contributed by atoms with van der Waals surface area (Å²) in [5.41, 5.74) is 0. The van der Waals surface area contributed by atoms with E-state index in [-0.39, 0.29) is 19.1 Å². The second-order valence-corrected chi connectivity index (χ2v) is 3.61. The van der Waals surface area contributed by atoms with Crippen LogP contribution >= 0.6 is 0 Å². The van der Waals surface area contributed by atoms with Crippen molar-refractivity contribution in [1.82, 2.24) is 0 Å². The lowest BCUT2D eigenvalue weighted by molar-refractivity contribution is -0.164. The zero-order chi connectivity index (χ0) is 12.0. The Labute approximate surface area is 95.0 Å². The summed E-state index contributed by atoms with van der Waals surface area (Å²) in [6.45, 7) is 4.96. The fraction of sp³-hybridized carbons (Fsp3) is 0.818. The molecule has 16 heavy (non-hydrogen) atoms. The summed E-state index contributed by atoms with van der Waals surface area (Å²) in [5, 5.41) is 0. The number of hydrogen-bond donors (Lipinski definition) is 0. The van der Waals surface area contributed by atoms with Crippen molar-refractivity contribution >= 4 is 11.9 Å². The van der Waals surface area contributed by atoms with Crippen molar-refractivity contribution < 1.29 is 23.8 Å². The minimum atomic E-state index is -0.831. The first-order valence-electron chi connectivity index (χ1n) is 5.61. The van der Waals surface area contributed by atoms with Crippen LogP contribution in [-0.2, 0) is 23.8 Å². The van der Waals surface area contributed by atoms with E-state index < -0.39 is 17.9 Å². The van der Waals surface area contributed by atoms with E-state index in [1.165, 1.54) is 0 Å². The van der Waals surface area contributed by atoms with Crippen LogP contribution in [0.25, 0.3) is 0 Å². The van der Waals surface area contributed by atoms with E-state index in [9.17, 15) is 9.59 Å². The summed E-state index contributed by atoms with van der Waals surface area (Å²) >= 11 is 0. The third kappa shape index (κ3) is 3.20. The lowest BCUT2D eigenvalue weighted by atomic mass is 9.92. The number of rotatable bonds is 5. The Bertz CT molecular complexity index is 227. The van der Waals surface area contributed by atoms with Crippen LogP contribution in [0.1, 0.15) is 20.3 Å². The second-order valence-electron chi connectivity index (χ2n) is 3.61. The molecule has 0 aromatic carbocycles. The summed E-state index contributed by atoms with van der Waals surface area (Å²) in [6, 6.07) is 0. The van der Waals surface area contributed by atoms with Gasteiger partial charge in [-0.1, -0.05) is 0 Å². The van der Waals surface area contributed by atoms with Gasteiger partial charge in [-0.05, 0) is 20.3 Å². The van der Waals surface area contributed by atoms with Gasteiger partial charge in [-0.25, -0.2) is 0 Å². The van der Waals surface area contributed by atoms with E-state index in [1.807, 2.05) is 0 Å². The van der Waals surface area contributed by atoms with Crippen molar-refractivity contribution in [2.75, 3.05) is 26.4 Å². The van der Waals surface area contributed by atoms with E-state index in [0.717, 1.165) is 0 Å². The third-order valence-electron chi connectivity index (χ3n) is 2.52.